The van der Waals surface area contributed by atoms with E-state index in [2.05, 4.69) is 20.5 Å². The van der Waals surface area contributed by atoms with Crippen molar-refractivity contribution < 1.29 is 0 Å². The van der Waals surface area contributed by atoms with Gasteiger partial charge in [0.25, 0.3) is 0 Å². The van der Waals surface area contributed by atoms with Crippen molar-refractivity contribution >= 4 is 11.5 Å². The van der Waals surface area contributed by atoms with Crippen LogP contribution in [0.25, 0.3) is 5.65 Å². The molecule has 1 fully saturated rings. The summed E-state index contributed by atoms with van der Waals surface area (Å²) in [5.74, 6) is 2.29. The Labute approximate surface area is 99.3 Å². The van der Waals surface area contributed by atoms with Gasteiger partial charge in [0, 0.05) is 25.0 Å². The summed E-state index contributed by atoms with van der Waals surface area (Å²) in [6.07, 6.45) is 6.11. The lowest BCUT2D eigenvalue weighted by atomic mass is 10.2. The Balaban J connectivity index is 1.79. The molecule has 1 unspecified atom stereocenters. The number of fused-ring (bicyclic) bond motifs is 1. The van der Waals surface area contributed by atoms with Gasteiger partial charge in [0.2, 0.25) is 5.65 Å². The monoisotopic (exact) mass is 232 g/mol. The van der Waals surface area contributed by atoms with E-state index in [-0.39, 0.29) is 6.04 Å². The molecule has 90 valence electrons. The smallest absolute Gasteiger partial charge is 0.203 e. The van der Waals surface area contributed by atoms with E-state index in [0.29, 0.717) is 5.92 Å². The van der Waals surface area contributed by atoms with E-state index in [9.17, 15) is 0 Å². The van der Waals surface area contributed by atoms with Gasteiger partial charge in [0.05, 0.1) is 0 Å². The van der Waals surface area contributed by atoms with Gasteiger partial charge < -0.3 is 11.1 Å². The Morgan fingerprint density at radius 3 is 3.12 bits per heavy atom. The van der Waals surface area contributed by atoms with E-state index >= 15 is 0 Å². The van der Waals surface area contributed by atoms with Gasteiger partial charge in [-0.3, -0.25) is 4.40 Å². The maximum Gasteiger partial charge on any atom is 0.203 e. The molecule has 6 nitrogen and oxygen atoms in total. The van der Waals surface area contributed by atoms with E-state index in [1.54, 1.807) is 6.20 Å². The highest BCUT2D eigenvalue weighted by Gasteiger charge is 2.28. The number of rotatable bonds is 4. The molecule has 1 saturated carbocycles. The lowest BCUT2D eigenvalue weighted by Crippen LogP contribution is -2.31. The SMILES string of the molecule is Cc1nnc2c(NCC(N)C3CC3)nccn12. The van der Waals surface area contributed by atoms with Crippen molar-refractivity contribution in [3.63, 3.8) is 0 Å². The third-order valence-electron chi connectivity index (χ3n) is 3.23. The zero-order valence-corrected chi connectivity index (χ0v) is 9.80. The molecular weight excluding hydrogens is 216 g/mol. The molecule has 1 aliphatic rings. The number of nitrogens with zero attached hydrogens (tertiary/aromatic N) is 4. The molecule has 2 heterocycles. The maximum atomic E-state index is 6.04. The standard InChI is InChI=1S/C11H16N6/c1-7-15-16-11-10(13-4-5-17(7)11)14-6-9(12)8-2-3-8/h4-5,8-9H,2-3,6,12H2,1H3,(H,13,14). The summed E-state index contributed by atoms with van der Waals surface area (Å²) in [4.78, 5) is 4.28. The van der Waals surface area contributed by atoms with Crippen molar-refractivity contribution in [3.05, 3.63) is 18.2 Å². The van der Waals surface area contributed by atoms with Crippen LogP contribution in [-0.2, 0) is 0 Å². The van der Waals surface area contributed by atoms with Crippen LogP contribution in [-0.4, -0.2) is 32.2 Å². The van der Waals surface area contributed by atoms with Crippen molar-refractivity contribution in [1.82, 2.24) is 19.6 Å². The van der Waals surface area contributed by atoms with E-state index in [4.69, 9.17) is 5.73 Å². The van der Waals surface area contributed by atoms with E-state index in [0.717, 1.165) is 23.8 Å². The van der Waals surface area contributed by atoms with Gasteiger partial charge >= 0.3 is 0 Å². The van der Waals surface area contributed by atoms with Crippen LogP contribution >= 0.6 is 0 Å². The van der Waals surface area contributed by atoms with Crippen LogP contribution in [0.15, 0.2) is 12.4 Å². The third kappa shape index (κ3) is 1.95. The minimum absolute atomic E-state index is 0.209. The predicted molar refractivity (Wildman–Crippen MR) is 64.7 cm³/mol. The number of anilines is 1. The van der Waals surface area contributed by atoms with Gasteiger partial charge in [-0.25, -0.2) is 4.98 Å². The Morgan fingerprint density at radius 2 is 2.35 bits per heavy atom. The predicted octanol–water partition coefficient (Wildman–Crippen LogP) is 0.582. The second-order valence-electron chi connectivity index (χ2n) is 4.60. The first-order valence-corrected chi connectivity index (χ1v) is 5.91. The lowest BCUT2D eigenvalue weighted by molar-refractivity contribution is 0.620. The van der Waals surface area contributed by atoms with Crippen LogP contribution < -0.4 is 11.1 Å². The van der Waals surface area contributed by atoms with Crippen LogP contribution in [0.2, 0.25) is 0 Å². The Bertz CT molecular complexity index is 530. The largest absolute Gasteiger partial charge is 0.365 e. The molecule has 2 aromatic rings. The average molecular weight is 232 g/mol. The zero-order valence-electron chi connectivity index (χ0n) is 9.80. The molecule has 1 atom stereocenters. The third-order valence-corrected chi connectivity index (χ3v) is 3.23. The number of hydrogen-bond acceptors (Lipinski definition) is 5. The second-order valence-corrected chi connectivity index (χ2v) is 4.60. The van der Waals surface area contributed by atoms with Crippen LogP contribution in [0.4, 0.5) is 5.82 Å². The van der Waals surface area contributed by atoms with E-state index in [1.807, 2.05) is 17.5 Å². The summed E-state index contributed by atoms with van der Waals surface area (Å²) in [6, 6.07) is 0.209. The molecule has 6 heteroatoms. The highest BCUT2D eigenvalue weighted by atomic mass is 15.3. The fourth-order valence-corrected chi connectivity index (χ4v) is 1.97. The summed E-state index contributed by atoms with van der Waals surface area (Å²) < 4.78 is 1.91. The van der Waals surface area contributed by atoms with Crippen molar-refractivity contribution in [2.45, 2.75) is 25.8 Å². The zero-order chi connectivity index (χ0) is 11.8. The first-order chi connectivity index (χ1) is 8.25. The number of aromatic nitrogens is 4. The molecular formula is C11H16N6. The van der Waals surface area contributed by atoms with Gasteiger partial charge in [-0.2, -0.15) is 0 Å². The van der Waals surface area contributed by atoms with Gasteiger partial charge in [0.15, 0.2) is 5.82 Å². The number of hydrogen-bond donors (Lipinski definition) is 2. The van der Waals surface area contributed by atoms with E-state index < -0.39 is 0 Å². The summed E-state index contributed by atoms with van der Waals surface area (Å²) in [6.45, 7) is 2.66. The molecule has 3 rings (SSSR count). The molecule has 0 spiro atoms. The molecule has 0 saturated heterocycles. The first-order valence-electron chi connectivity index (χ1n) is 5.91. The number of nitrogens with two attached hydrogens (primary N) is 1. The highest BCUT2D eigenvalue weighted by molar-refractivity contribution is 5.61. The normalized spacial score (nSPS) is 17.3. The topological polar surface area (TPSA) is 81.1 Å². The highest BCUT2D eigenvalue weighted by Crippen LogP contribution is 2.31. The molecule has 3 N–H and O–H groups in total. The molecule has 1 aliphatic carbocycles. The molecule has 0 aliphatic heterocycles. The van der Waals surface area contributed by atoms with Gasteiger partial charge in [-0.1, -0.05) is 0 Å². The molecule has 2 aromatic heterocycles. The minimum Gasteiger partial charge on any atom is -0.365 e. The summed E-state index contributed by atoms with van der Waals surface area (Å²) >= 11 is 0. The molecule has 0 amide bonds. The van der Waals surface area contributed by atoms with Crippen LogP contribution in [0.1, 0.15) is 18.7 Å². The van der Waals surface area contributed by atoms with E-state index in [1.165, 1.54) is 12.8 Å². The summed E-state index contributed by atoms with van der Waals surface area (Å²) in [5, 5.41) is 11.4. The summed E-state index contributed by atoms with van der Waals surface area (Å²) in [5.41, 5.74) is 6.80. The number of nitrogens with one attached hydrogen (secondary N) is 1. The minimum atomic E-state index is 0.209. The molecule has 0 bridgehead atoms. The Kier molecular flexibility index (Phi) is 2.44. The van der Waals surface area contributed by atoms with Crippen molar-refractivity contribution in [2.75, 3.05) is 11.9 Å². The van der Waals surface area contributed by atoms with Crippen LogP contribution in [0.3, 0.4) is 0 Å². The quantitative estimate of drug-likeness (QED) is 0.806. The second kappa shape index (κ2) is 3.96. The lowest BCUT2D eigenvalue weighted by Gasteiger charge is -2.12. The van der Waals surface area contributed by atoms with Crippen LogP contribution in [0, 0.1) is 12.8 Å². The first kappa shape index (κ1) is 10.5. The number of aryl methyl sites for hydroxylation is 1. The van der Waals surface area contributed by atoms with Crippen molar-refractivity contribution in [2.24, 2.45) is 11.7 Å². The van der Waals surface area contributed by atoms with Gasteiger partial charge in [-0.05, 0) is 25.7 Å². The van der Waals surface area contributed by atoms with Crippen molar-refractivity contribution in [1.29, 1.82) is 0 Å². The fourth-order valence-electron chi connectivity index (χ4n) is 1.97. The van der Waals surface area contributed by atoms with Crippen molar-refractivity contribution in [3.8, 4) is 0 Å². The molecule has 0 aromatic carbocycles. The maximum absolute atomic E-state index is 6.04. The molecule has 17 heavy (non-hydrogen) atoms. The summed E-state index contributed by atoms with van der Waals surface area (Å²) in [7, 11) is 0. The fraction of sp³-hybridized carbons (Fsp3) is 0.545. The van der Waals surface area contributed by atoms with Gasteiger partial charge in [-0.15, -0.1) is 10.2 Å². The van der Waals surface area contributed by atoms with Crippen LogP contribution in [0.5, 0.6) is 0 Å². The Morgan fingerprint density at radius 1 is 1.53 bits per heavy atom. The van der Waals surface area contributed by atoms with Gasteiger partial charge in [0.1, 0.15) is 5.82 Å². The molecule has 0 radical (unpaired) electrons. The Hall–Kier alpha value is -1.69. The average Bonchev–Trinajstić information content (AvgIpc) is 3.12.